The van der Waals surface area contributed by atoms with Crippen LogP contribution in [0, 0.1) is 0 Å². The molecule has 186 valence electrons. The van der Waals surface area contributed by atoms with Gasteiger partial charge in [0.2, 0.25) is 5.95 Å². The van der Waals surface area contributed by atoms with Crippen LogP contribution in [0.1, 0.15) is 18.4 Å². The topological polar surface area (TPSA) is 82.6 Å². The summed E-state index contributed by atoms with van der Waals surface area (Å²) >= 11 is 1.64. The highest BCUT2D eigenvalue weighted by atomic mass is 32.1. The molecule has 2 aromatic heterocycles. The van der Waals surface area contributed by atoms with Crippen molar-refractivity contribution in [3.05, 3.63) is 41.3 Å². The van der Waals surface area contributed by atoms with Crippen molar-refractivity contribution in [3.8, 4) is 0 Å². The number of nitrogens with zero attached hydrogens (tertiary/aromatic N) is 4. The van der Waals surface area contributed by atoms with Gasteiger partial charge in [0.1, 0.15) is 0 Å². The molecule has 2 N–H and O–H groups in total. The van der Waals surface area contributed by atoms with Gasteiger partial charge in [-0.25, -0.2) is 9.78 Å². The number of ether oxygens (including phenoxy) is 1. The van der Waals surface area contributed by atoms with E-state index in [4.69, 9.17) is 14.7 Å². The summed E-state index contributed by atoms with van der Waals surface area (Å²) < 4.78 is 44.7. The Kier molecular flexibility index (Phi) is 6.65. The summed E-state index contributed by atoms with van der Waals surface area (Å²) in [4.78, 5) is 26.4. The molecule has 0 saturated carbocycles. The number of hydrogen-bond donors (Lipinski definition) is 2. The van der Waals surface area contributed by atoms with E-state index in [0.717, 1.165) is 41.3 Å². The number of carbonyl (C=O) groups is 1. The first kappa shape index (κ1) is 23.6. The second-order valence-electron chi connectivity index (χ2n) is 8.52. The van der Waals surface area contributed by atoms with E-state index in [1.165, 1.54) is 12.1 Å². The zero-order chi connectivity index (χ0) is 24.4. The maximum absolute atomic E-state index is 12.7. The molecular weight excluding hydrogens is 481 g/mol. The first-order chi connectivity index (χ1) is 16.9. The second kappa shape index (κ2) is 9.86. The highest BCUT2D eigenvalue weighted by Gasteiger charge is 2.30. The van der Waals surface area contributed by atoms with Crippen molar-refractivity contribution in [2.24, 2.45) is 0 Å². The molecule has 12 heteroatoms. The number of fused-ring (bicyclic) bond motifs is 1. The van der Waals surface area contributed by atoms with E-state index in [2.05, 4.69) is 20.4 Å². The monoisotopic (exact) mass is 506 g/mol. The number of carbonyl (C=O) groups excluding carboxylic acids is 1. The average Bonchev–Trinajstić information content (AvgIpc) is 3.33. The minimum atomic E-state index is -4.41. The maximum atomic E-state index is 12.7. The summed E-state index contributed by atoms with van der Waals surface area (Å²) in [5.41, 5.74) is 0.481. The summed E-state index contributed by atoms with van der Waals surface area (Å²) in [6, 6.07) is 5.91. The number of anilines is 3. The van der Waals surface area contributed by atoms with Gasteiger partial charge in [-0.2, -0.15) is 18.2 Å². The fraction of sp³-hybridized carbons (Fsp3) is 0.435. The number of rotatable bonds is 4. The molecule has 2 aliphatic rings. The van der Waals surface area contributed by atoms with Crippen LogP contribution in [-0.4, -0.2) is 61.4 Å². The Hall–Kier alpha value is -3.12. The molecule has 1 aromatic carbocycles. The van der Waals surface area contributed by atoms with Crippen molar-refractivity contribution in [1.82, 2.24) is 15.3 Å². The lowest BCUT2D eigenvalue weighted by atomic mass is 10.1. The van der Waals surface area contributed by atoms with Crippen LogP contribution in [0.2, 0.25) is 0 Å². The highest BCUT2D eigenvalue weighted by molar-refractivity contribution is 7.17. The molecule has 2 saturated heterocycles. The molecule has 0 radical (unpaired) electrons. The van der Waals surface area contributed by atoms with E-state index < -0.39 is 17.8 Å². The summed E-state index contributed by atoms with van der Waals surface area (Å²) in [6.07, 6.45) is -2.99. The Morgan fingerprint density at radius 2 is 1.71 bits per heavy atom. The lowest BCUT2D eigenvalue weighted by Gasteiger charge is -2.33. The van der Waals surface area contributed by atoms with Crippen LogP contribution in [0.4, 0.5) is 35.4 Å². The third-order valence-electron chi connectivity index (χ3n) is 6.17. The first-order valence-electron chi connectivity index (χ1n) is 11.4. The molecule has 0 spiro atoms. The first-order valence-corrected chi connectivity index (χ1v) is 12.3. The van der Waals surface area contributed by atoms with Crippen molar-refractivity contribution in [2.45, 2.75) is 25.1 Å². The number of halogens is 3. The van der Waals surface area contributed by atoms with E-state index in [0.29, 0.717) is 50.8 Å². The predicted octanol–water partition coefficient (Wildman–Crippen LogP) is 4.34. The van der Waals surface area contributed by atoms with Crippen LogP contribution in [0.3, 0.4) is 0 Å². The molecule has 0 atom stereocenters. The summed E-state index contributed by atoms with van der Waals surface area (Å²) in [5, 5.41) is 7.54. The minimum absolute atomic E-state index is 0.0516. The fourth-order valence-corrected chi connectivity index (χ4v) is 5.13. The Labute approximate surface area is 204 Å². The number of hydrogen-bond acceptors (Lipinski definition) is 7. The Morgan fingerprint density at radius 1 is 1.00 bits per heavy atom. The van der Waals surface area contributed by atoms with Gasteiger partial charge in [0, 0.05) is 37.9 Å². The molecule has 3 aromatic rings. The number of aromatic nitrogens is 2. The van der Waals surface area contributed by atoms with Gasteiger partial charge < -0.3 is 25.2 Å². The number of nitrogens with one attached hydrogen (secondary N) is 2. The predicted molar refractivity (Wildman–Crippen MR) is 129 cm³/mol. The molecule has 2 amide bonds. The van der Waals surface area contributed by atoms with Crippen LogP contribution in [0.15, 0.2) is 35.7 Å². The van der Waals surface area contributed by atoms with Crippen LogP contribution >= 0.6 is 11.3 Å². The number of morpholine rings is 1. The average molecular weight is 507 g/mol. The third-order valence-corrected chi connectivity index (χ3v) is 7.07. The lowest BCUT2D eigenvalue weighted by Crippen LogP contribution is -2.46. The van der Waals surface area contributed by atoms with Gasteiger partial charge in [0.15, 0.2) is 5.82 Å². The number of piperidine rings is 1. The molecular formula is C23H25F3N6O2S. The number of urea groups is 1. The van der Waals surface area contributed by atoms with Crippen molar-refractivity contribution in [1.29, 1.82) is 0 Å². The SMILES string of the molecule is O=C(Nc1ccc(C(F)(F)F)cc1)NC1CCN(c2nc(N3CCOCC3)c3sccc3n2)CC1. The molecule has 0 bridgehead atoms. The van der Waals surface area contributed by atoms with Crippen molar-refractivity contribution < 1.29 is 22.7 Å². The van der Waals surface area contributed by atoms with E-state index in [-0.39, 0.29) is 6.04 Å². The van der Waals surface area contributed by atoms with E-state index in [1.54, 1.807) is 11.3 Å². The standard InChI is InChI=1S/C23H25F3N6O2S/c24-23(25,26)15-1-3-16(4-2-15)27-22(33)28-17-5-8-32(9-6-17)21-29-18-7-14-35-19(18)20(30-21)31-10-12-34-13-11-31/h1-4,7,14,17H,5-6,8-13H2,(H2,27,28,33). The van der Waals surface area contributed by atoms with Gasteiger partial charge in [-0.15, -0.1) is 11.3 Å². The van der Waals surface area contributed by atoms with Gasteiger partial charge in [0.05, 0.1) is 29.0 Å². The van der Waals surface area contributed by atoms with Crippen molar-refractivity contribution in [2.75, 3.05) is 54.5 Å². The lowest BCUT2D eigenvalue weighted by molar-refractivity contribution is -0.137. The summed E-state index contributed by atoms with van der Waals surface area (Å²) in [7, 11) is 0. The van der Waals surface area contributed by atoms with Crippen LogP contribution in [-0.2, 0) is 10.9 Å². The van der Waals surface area contributed by atoms with Gasteiger partial charge in [0.25, 0.3) is 0 Å². The fourth-order valence-electron chi connectivity index (χ4n) is 4.29. The van der Waals surface area contributed by atoms with Crippen LogP contribution in [0.25, 0.3) is 10.2 Å². The Bertz CT molecular complexity index is 1170. The Morgan fingerprint density at radius 3 is 2.40 bits per heavy atom. The number of amides is 2. The molecule has 4 heterocycles. The number of alkyl halides is 3. The van der Waals surface area contributed by atoms with Crippen LogP contribution < -0.4 is 20.4 Å². The van der Waals surface area contributed by atoms with E-state index in [9.17, 15) is 18.0 Å². The quantitative estimate of drug-likeness (QED) is 0.548. The highest BCUT2D eigenvalue weighted by Crippen LogP contribution is 2.32. The zero-order valence-corrected chi connectivity index (χ0v) is 19.7. The maximum Gasteiger partial charge on any atom is 0.416 e. The Balaban J connectivity index is 1.18. The molecule has 0 unspecified atom stereocenters. The van der Waals surface area contributed by atoms with Gasteiger partial charge in [-0.1, -0.05) is 0 Å². The normalized spacial score (nSPS) is 17.6. The molecule has 35 heavy (non-hydrogen) atoms. The van der Waals surface area contributed by atoms with E-state index in [1.807, 2.05) is 11.4 Å². The van der Waals surface area contributed by atoms with Crippen molar-refractivity contribution in [3.63, 3.8) is 0 Å². The van der Waals surface area contributed by atoms with E-state index >= 15 is 0 Å². The van der Waals surface area contributed by atoms with Gasteiger partial charge in [-0.3, -0.25) is 0 Å². The summed E-state index contributed by atoms with van der Waals surface area (Å²) in [6.45, 7) is 4.31. The molecule has 8 nitrogen and oxygen atoms in total. The number of benzene rings is 1. The molecule has 0 aliphatic carbocycles. The third kappa shape index (κ3) is 5.43. The molecule has 2 aliphatic heterocycles. The largest absolute Gasteiger partial charge is 0.416 e. The minimum Gasteiger partial charge on any atom is -0.378 e. The molecule has 2 fully saturated rings. The second-order valence-corrected chi connectivity index (χ2v) is 9.43. The zero-order valence-electron chi connectivity index (χ0n) is 18.8. The van der Waals surface area contributed by atoms with Crippen molar-refractivity contribution >= 4 is 45.0 Å². The van der Waals surface area contributed by atoms with Crippen LogP contribution in [0.5, 0.6) is 0 Å². The number of thiophene rings is 1. The molecule has 5 rings (SSSR count). The summed E-state index contributed by atoms with van der Waals surface area (Å²) in [5.74, 6) is 1.63. The smallest absolute Gasteiger partial charge is 0.378 e. The van der Waals surface area contributed by atoms with Gasteiger partial charge >= 0.3 is 12.2 Å². The van der Waals surface area contributed by atoms with Gasteiger partial charge in [-0.05, 0) is 48.6 Å².